The Morgan fingerprint density at radius 2 is 2.06 bits per heavy atom. The molecule has 2 rings (SSSR count). The molecule has 0 saturated carbocycles. The average Bonchev–Trinajstić information content (AvgIpc) is 2.40. The fraction of sp³-hybridized carbons (Fsp3) is 0.222. The van der Waals surface area contributed by atoms with Crippen LogP contribution in [0.4, 0.5) is 5.69 Å². The van der Waals surface area contributed by atoms with Crippen LogP contribution in [0.15, 0.2) is 23.0 Å². The van der Waals surface area contributed by atoms with E-state index >= 15 is 0 Å². The summed E-state index contributed by atoms with van der Waals surface area (Å²) in [6.07, 6.45) is 1.09. The number of thiazole rings is 1. The molecule has 0 aliphatic carbocycles. The summed E-state index contributed by atoms with van der Waals surface area (Å²) in [6.45, 7) is 0. The number of nitrogens with one attached hydrogen (secondary N) is 1. The molecule has 7 heteroatoms. The van der Waals surface area contributed by atoms with Crippen LogP contribution >= 0.6 is 11.3 Å². The molecule has 1 aromatic carbocycles. The van der Waals surface area contributed by atoms with Gasteiger partial charge in [0.05, 0.1) is 22.2 Å². The zero-order valence-corrected chi connectivity index (χ0v) is 10.4. The van der Waals surface area contributed by atoms with Crippen molar-refractivity contribution in [1.82, 2.24) is 4.57 Å². The molecule has 0 radical (unpaired) electrons. The Morgan fingerprint density at radius 3 is 2.69 bits per heavy atom. The number of nitrogens with zero attached hydrogens (tertiary/aromatic N) is 1. The maximum atomic E-state index is 11.4. The third-order valence-electron chi connectivity index (χ3n) is 2.10. The predicted molar refractivity (Wildman–Crippen MR) is 65.5 cm³/mol. The number of hydrogen-bond donors (Lipinski definition) is 1. The quantitative estimate of drug-likeness (QED) is 0.872. The third-order valence-corrected chi connectivity index (χ3v) is 3.70. The Kier molecular flexibility index (Phi) is 2.51. The highest BCUT2D eigenvalue weighted by Crippen LogP contribution is 2.21. The number of rotatable bonds is 2. The third kappa shape index (κ3) is 2.10. The lowest BCUT2D eigenvalue weighted by Crippen LogP contribution is -2.09. The van der Waals surface area contributed by atoms with Crippen LogP contribution in [0.3, 0.4) is 0 Å². The van der Waals surface area contributed by atoms with Gasteiger partial charge in [0.15, 0.2) is 0 Å². The first-order valence-corrected chi connectivity index (χ1v) is 7.15. The summed E-state index contributed by atoms with van der Waals surface area (Å²) in [5.41, 5.74) is 1.27. The smallest absolute Gasteiger partial charge is 0.302 e. The number of fused-ring (bicyclic) bond motifs is 1. The van der Waals surface area contributed by atoms with Crippen LogP contribution in [-0.2, 0) is 17.1 Å². The monoisotopic (exact) mass is 258 g/mol. The predicted octanol–water partition coefficient (Wildman–Crippen LogP) is 0.972. The lowest BCUT2D eigenvalue weighted by Gasteiger charge is -2.03. The van der Waals surface area contributed by atoms with Gasteiger partial charge in [0, 0.05) is 7.05 Å². The molecular weight excluding hydrogens is 248 g/mol. The molecule has 2 aromatic rings. The summed E-state index contributed by atoms with van der Waals surface area (Å²) >= 11 is 1.09. The fourth-order valence-corrected chi connectivity index (χ4v) is 2.89. The van der Waals surface area contributed by atoms with Gasteiger partial charge in [-0.1, -0.05) is 11.3 Å². The van der Waals surface area contributed by atoms with Gasteiger partial charge in [0.1, 0.15) is 0 Å². The number of benzene rings is 1. The van der Waals surface area contributed by atoms with E-state index in [9.17, 15) is 13.2 Å². The Balaban J connectivity index is 2.57. The van der Waals surface area contributed by atoms with E-state index in [4.69, 9.17) is 0 Å². The molecule has 86 valence electrons. The summed E-state index contributed by atoms with van der Waals surface area (Å²) in [7, 11) is -1.59. The maximum Gasteiger partial charge on any atom is 0.307 e. The molecule has 1 N–H and O–H groups in total. The number of anilines is 1. The van der Waals surface area contributed by atoms with Gasteiger partial charge in [-0.05, 0) is 18.2 Å². The van der Waals surface area contributed by atoms with Crippen LogP contribution in [0.1, 0.15) is 0 Å². The molecule has 0 fully saturated rings. The standard InChI is InChI=1S/C9H10N2O3S2/c1-11-7-4-3-6(10-16(2,13)14)5-8(7)15-9(11)12/h3-5,10H,1-2H3. The molecule has 5 nitrogen and oxygen atoms in total. The highest BCUT2D eigenvalue weighted by atomic mass is 32.2. The number of aromatic nitrogens is 1. The van der Waals surface area contributed by atoms with Gasteiger partial charge in [-0.2, -0.15) is 0 Å². The molecular formula is C9H10N2O3S2. The van der Waals surface area contributed by atoms with Gasteiger partial charge in [-0.3, -0.25) is 9.52 Å². The van der Waals surface area contributed by atoms with E-state index in [1.807, 2.05) is 0 Å². The van der Waals surface area contributed by atoms with Crippen LogP contribution in [-0.4, -0.2) is 19.2 Å². The van der Waals surface area contributed by atoms with Gasteiger partial charge in [-0.15, -0.1) is 0 Å². The first-order valence-electron chi connectivity index (χ1n) is 4.44. The number of aryl methyl sites for hydroxylation is 1. The number of hydrogen-bond acceptors (Lipinski definition) is 4. The molecule has 1 heterocycles. The molecule has 0 spiro atoms. The van der Waals surface area contributed by atoms with Crippen molar-refractivity contribution in [2.24, 2.45) is 7.05 Å². The van der Waals surface area contributed by atoms with E-state index in [-0.39, 0.29) is 4.87 Å². The molecule has 0 atom stereocenters. The summed E-state index contributed by atoms with van der Waals surface area (Å²) in [4.78, 5) is 11.3. The van der Waals surface area contributed by atoms with Crippen LogP contribution in [0.25, 0.3) is 10.2 Å². The topological polar surface area (TPSA) is 68.2 Å². The highest BCUT2D eigenvalue weighted by molar-refractivity contribution is 7.92. The molecule has 1 aromatic heterocycles. The second-order valence-electron chi connectivity index (χ2n) is 3.48. The summed E-state index contributed by atoms with van der Waals surface area (Å²) in [5, 5.41) is 0. The van der Waals surface area contributed by atoms with Gasteiger partial charge < -0.3 is 4.57 Å². The molecule has 0 unspecified atom stereocenters. The van der Waals surface area contributed by atoms with Gasteiger partial charge in [-0.25, -0.2) is 8.42 Å². The molecule has 0 aliphatic heterocycles. The van der Waals surface area contributed by atoms with E-state index in [1.54, 1.807) is 25.2 Å². The van der Waals surface area contributed by atoms with Crippen molar-refractivity contribution in [2.45, 2.75) is 0 Å². The molecule has 0 amide bonds. The number of sulfonamides is 1. The Morgan fingerprint density at radius 1 is 1.38 bits per heavy atom. The highest BCUT2D eigenvalue weighted by Gasteiger charge is 2.06. The van der Waals surface area contributed by atoms with E-state index in [1.165, 1.54) is 4.57 Å². The zero-order valence-electron chi connectivity index (χ0n) is 8.72. The van der Waals surface area contributed by atoms with Crippen molar-refractivity contribution < 1.29 is 8.42 Å². The van der Waals surface area contributed by atoms with E-state index in [2.05, 4.69) is 4.72 Å². The Labute approximate surface area is 96.4 Å². The van der Waals surface area contributed by atoms with Crippen molar-refractivity contribution >= 4 is 37.3 Å². The van der Waals surface area contributed by atoms with Crippen molar-refractivity contribution in [2.75, 3.05) is 11.0 Å². The van der Waals surface area contributed by atoms with Gasteiger partial charge in [0.25, 0.3) is 0 Å². The molecule has 0 bridgehead atoms. The minimum absolute atomic E-state index is 0.0634. The van der Waals surface area contributed by atoms with Gasteiger partial charge in [0.2, 0.25) is 10.0 Å². The largest absolute Gasteiger partial charge is 0.307 e. The normalized spacial score (nSPS) is 11.9. The molecule has 16 heavy (non-hydrogen) atoms. The Hall–Kier alpha value is -1.34. The lowest BCUT2D eigenvalue weighted by molar-refractivity contribution is 0.607. The van der Waals surface area contributed by atoms with Crippen molar-refractivity contribution in [3.63, 3.8) is 0 Å². The first-order chi connectivity index (χ1) is 7.37. The van der Waals surface area contributed by atoms with Gasteiger partial charge >= 0.3 is 4.87 Å². The first kappa shape index (κ1) is 11.2. The molecule has 0 aliphatic rings. The summed E-state index contributed by atoms with van der Waals surface area (Å²) < 4.78 is 26.7. The maximum absolute atomic E-state index is 11.4. The van der Waals surface area contributed by atoms with E-state index < -0.39 is 10.0 Å². The molecule has 0 saturated heterocycles. The van der Waals surface area contributed by atoms with Crippen LogP contribution in [0.5, 0.6) is 0 Å². The fourth-order valence-electron chi connectivity index (χ4n) is 1.41. The average molecular weight is 258 g/mol. The second-order valence-corrected chi connectivity index (χ2v) is 6.23. The summed E-state index contributed by atoms with van der Waals surface area (Å²) in [5.74, 6) is 0. The minimum Gasteiger partial charge on any atom is -0.302 e. The second kappa shape index (κ2) is 3.60. The van der Waals surface area contributed by atoms with Crippen LogP contribution in [0.2, 0.25) is 0 Å². The van der Waals surface area contributed by atoms with Crippen molar-refractivity contribution in [3.05, 3.63) is 27.9 Å². The SMILES string of the molecule is Cn1c(=O)sc2cc(NS(C)(=O)=O)ccc21. The zero-order chi connectivity index (χ0) is 11.9. The lowest BCUT2D eigenvalue weighted by atomic mass is 10.3. The van der Waals surface area contributed by atoms with E-state index in [0.717, 1.165) is 27.8 Å². The minimum atomic E-state index is -3.28. The summed E-state index contributed by atoms with van der Waals surface area (Å²) in [6, 6.07) is 5.01. The van der Waals surface area contributed by atoms with Crippen molar-refractivity contribution in [3.8, 4) is 0 Å². The van der Waals surface area contributed by atoms with Crippen LogP contribution in [0, 0.1) is 0 Å². The Bertz CT molecular complexity index is 697. The van der Waals surface area contributed by atoms with Crippen molar-refractivity contribution in [1.29, 1.82) is 0 Å². The van der Waals surface area contributed by atoms with E-state index in [0.29, 0.717) is 5.69 Å². The van der Waals surface area contributed by atoms with Crippen LogP contribution < -0.4 is 9.60 Å².